The number of hydrogen-bond acceptors (Lipinski definition) is 5. The van der Waals surface area contributed by atoms with Gasteiger partial charge in [-0.3, -0.25) is 9.59 Å². The second-order valence-corrected chi connectivity index (χ2v) is 7.01. The van der Waals surface area contributed by atoms with Crippen molar-refractivity contribution in [2.24, 2.45) is 5.92 Å². The SMILES string of the molecule is CCOC(=O)[C@H]1C(=O)C=C(c2cccs2)C[C@@H]1c1ccccc1OCC. The second kappa shape index (κ2) is 8.32. The molecule has 1 aromatic heterocycles. The Balaban J connectivity index is 2.05. The molecule has 0 amide bonds. The maximum absolute atomic E-state index is 12.9. The highest BCUT2D eigenvalue weighted by molar-refractivity contribution is 7.11. The molecule has 3 rings (SSSR count). The van der Waals surface area contributed by atoms with E-state index < -0.39 is 11.9 Å². The molecular weight excluding hydrogens is 348 g/mol. The number of carbonyl (C=O) groups is 2. The second-order valence-electron chi connectivity index (χ2n) is 6.06. The predicted octanol–water partition coefficient (Wildman–Crippen LogP) is 4.47. The van der Waals surface area contributed by atoms with Gasteiger partial charge in [0.1, 0.15) is 11.7 Å². The largest absolute Gasteiger partial charge is 0.494 e. The Morgan fingerprint density at radius 2 is 1.96 bits per heavy atom. The monoisotopic (exact) mass is 370 g/mol. The summed E-state index contributed by atoms with van der Waals surface area (Å²) in [5.41, 5.74) is 1.84. The van der Waals surface area contributed by atoms with Crippen LogP contribution in [-0.4, -0.2) is 25.0 Å². The molecule has 0 aliphatic heterocycles. The summed E-state index contributed by atoms with van der Waals surface area (Å²) in [5, 5.41) is 1.99. The van der Waals surface area contributed by atoms with Crippen molar-refractivity contribution in [3.8, 4) is 5.75 Å². The molecule has 2 aromatic rings. The smallest absolute Gasteiger partial charge is 0.317 e. The number of esters is 1. The molecule has 0 spiro atoms. The van der Waals surface area contributed by atoms with Gasteiger partial charge in [0.05, 0.1) is 13.2 Å². The van der Waals surface area contributed by atoms with Gasteiger partial charge in [0, 0.05) is 10.8 Å². The number of allylic oxidation sites excluding steroid dienone is 2. The first-order valence-corrected chi connectivity index (χ1v) is 9.70. The van der Waals surface area contributed by atoms with Gasteiger partial charge in [-0.1, -0.05) is 24.3 Å². The van der Waals surface area contributed by atoms with Gasteiger partial charge in [-0.25, -0.2) is 0 Å². The number of para-hydroxylation sites is 1. The highest BCUT2D eigenvalue weighted by Crippen LogP contribution is 2.44. The first kappa shape index (κ1) is 18.4. The summed E-state index contributed by atoms with van der Waals surface area (Å²) in [5.74, 6) is -1.08. The Bertz CT molecular complexity index is 807. The summed E-state index contributed by atoms with van der Waals surface area (Å²) in [6.07, 6.45) is 2.20. The van der Waals surface area contributed by atoms with Crippen molar-refractivity contribution in [2.45, 2.75) is 26.2 Å². The van der Waals surface area contributed by atoms with Crippen LogP contribution in [0.15, 0.2) is 47.9 Å². The van der Waals surface area contributed by atoms with Crippen molar-refractivity contribution < 1.29 is 19.1 Å². The van der Waals surface area contributed by atoms with Crippen molar-refractivity contribution in [2.75, 3.05) is 13.2 Å². The van der Waals surface area contributed by atoms with Gasteiger partial charge in [0.15, 0.2) is 5.78 Å². The van der Waals surface area contributed by atoms with Crippen LogP contribution in [0, 0.1) is 5.92 Å². The number of ether oxygens (including phenoxy) is 2. The minimum atomic E-state index is -0.833. The van der Waals surface area contributed by atoms with Crippen molar-refractivity contribution in [3.63, 3.8) is 0 Å². The van der Waals surface area contributed by atoms with Crippen LogP contribution in [0.1, 0.15) is 36.6 Å². The fourth-order valence-electron chi connectivity index (χ4n) is 3.38. The van der Waals surface area contributed by atoms with Crippen LogP contribution in [0.4, 0.5) is 0 Å². The van der Waals surface area contributed by atoms with Gasteiger partial charge in [-0.15, -0.1) is 11.3 Å². The minimum Gasteiger partial charge on any atom is -0.494 e. The van der Waals surface area contributed by atoms with Crippen LogP contribution in [-0.2, 0) is 14.3 Å². The van der Waals surface area contributed by atoms with Gasteiger partial charge in [0.2, 0.25) is 0 Å². The predicted molar refractivity (Wildman–Crippen MR) is 102 cm³/mol. The Labute approximate surface area is 157 Å². The van der Waals surface area contributed by atoms with E-state index in [9.17, 15) is 9.59 Å². The van der Waals surface area contributed by atoms with Gasteiger partial charge in [0.25, 0.3) is 0 Å². The molecule has 1 aliphatic rings. The van der Waals surface area contributed by atoms with E-state index in [1.54, 1.807) is 24.3 Å². The van der Waals surface area contributed by atoms with Gasteiger partial charge < -0.3 is 9.47 Å². The quantitative estimate of drug-likeness (QED) is 0.556. The van der Waals surface area contributed by atoms with E-state index >= 15 is 0 Å². The summed E-state index contributed by atoms with van der Waals surface area (Å²) in [7, 11) is 0. The Hall–Kier alpha value is -2.40. The van der Waals surface area contributed by atoms with Crippen LogP contribution in [0.2, 0.25) is 0 Å². The standard InChI is InChI=1S/C21H22O4S/c1-3-24-18-9-6-5-8-15(18)16-12-14(19-10-7-11-26-19)13-17(22)20(16)21(23)25-4-2/h5-11,13,16,20H,3-4,12H2,1-2H3/t16-,20-/m1/s1. The van der Waals surface area contributed by atoms with E-state index in [1.165, 1.54) is 0 Å². The van der Waals surface area contributed by atoms with E-state index in [0.717, 1.165) is 21.8 Å². The fraction of sp³-hybridized carbons (Fsp3) is 0.333. The highest BCUT2D eigenvalue weighted by Gasteiger charge is 2.41. The zero-order valence-corrected chi connectivity index (χ0v) is 15.8. The first-order valence-electron chi connectivity index (χ1n) is 8.82. The summed E-state index contributed by atoms with van der Waals surface area (Å²) >= 11 is 1.60. The normalized spacial score (nSPS) is 19.8. The van der Waals surface area contributed by atoms with E-state index in [4.69, 9.17) is 9.47 Å². The lowest BCUT2D eigenvalue weighted by Gasteiger charge is -2.30. The summed E-state index contributed by atoms with van der Waals surface area (Å²) in [6.45, 7) is 4.45. The van der Waals surface area contributed by atoms with Crippen molar-refractivity contribution in [1.29, 1.82) is 0 Å². The van der Waals surface area contributed by atoms with Crippen LogP contribution in [0.25, 0.3) is 5.57 Å². The molecule has 1 aliphatic carbocycles. The average molecular weight is 370 g/mol. The molecule has 0 saturated heterocycles. The molecule has 5 heteroatoms. The molecule has 0 saturated carbocycles. The number of thiophene rings is 1. The van der Waals surface area contributed by atoms with Gasteiger partial charge >= 0.3 is 5.97 Å². The Morgan fingerprint density at radius 1 is 1.15 bits per heavy atom. The van der Waals surface area contributed by atoms with E-state index in [0.29, 0.717) is 13.0 Å². The molecule has 0 fully saturated rings. The Morgan fingerprint density at radius 3 is 2.65 bits per heavy atom. The molecule has 0 radical (unpaired) electrons. The van der Waals surface area contributed by atoms with Crippen molar-refractivity contribution in [1.82, 2.24) is 0 Å². The van der Waals surface area contributed by atoms with Gasteiger partial charge in [-0.05, 0) is 55.0 Å². The number of hydrogen-bond donors (Lipinski definition) is 0. The molecule has 0 bridgehead atoms. The topological polar surface area (TPSA) is 52.6 Å². The molecule has 4 nitrogen and oxygen atoms in total. The Kier molecular flexibility index (Phi) is 5.89. The zero-order valence-electron chi connectivity index (χ0n) is 14.9. The lowest BCUT2D eigenvalue weighted by molar-refractivity contribution is -0.151. The zero-order chi connectivity index (χ0) is 18.5. The minimum absolute atomic E-state index is 0.200. The third-order valence-electron chi connectivity index (χ3n) is 4.46. The number of rotatable bonds is 6. The van der Waals surface area contributed by atoms with Crippen LogP contribution in [0.3, 0.4) is 0 Å². The average Bonchev–Trinajstić information content (AvgIpc) is 3.16. The molecule has 1 heterocycles. The summed E-state index contributed by atoms with van der Waals surface area (Å²) in [4.78, 5) is 26.5. The molecule has 1 aromatic carbocycles. The summed E-state index contributed by atoms with van der Waals surface area (Å²) in [6, 6.07) is 11.6. The van der Waals surface area contributed by atoms with Crippen LogP contribution < -0.4 is 4.74 Å². The van der Waals surface area contributed by atoms with Gasteiger partial charge in [-0.2, -0.15) is 0 Å². The third kappa shape index (κ3) is 3.73. The molecule has 0 unspecified atom stereocenters. The molecule has 26 heavy (non-hydrogen) atoms. The van der Waals surface area contributed by atoms with Crippen molar-refractivity contribution >= 4 is 28.7 Å². The number of benzene rings is 1. The molecular formula is C21H22O4S. The maximum Gasteiger partial charge on any atom is 0.317 e. The van der Waals surface area contributed by atoms with Crippen molar-refractivity contribution in [3.05, 3.63) is 58.3 Å². The highest BCUT2D eigenvalue weighted by atomic mass is 32.1. The molecule has 2 atom stereocenters. The lowest BCUT2D eigenvalue weighted by atomic mass is 9.74. The first-order chi connectivity index (χ1) is 12.7. The molecule has 136 valence electrons. The maximum atomic E-state index is 12.9. The lowest BCUT2D eigenvalue weighted by Crippen LogP contribution is -2.34. The third-order valence-corrected chi connectivity index (χ3v) is 5.41. The van der Waals surface area contributed by atoms with E-state index in [1.807, 2.05) is 48.7 Å². The fourth-order valence-corrected chi connectivity index (χ4v) is 4.14. The van der Waals surface area contributed by atoms with Crippen LogP contribution >= 0.6 is 11.3 Å². The number of carbonyl (C=O) groups excluding carboxylic acids is 2. The van der Waals surface area contributed by atoms with Crippen LogP contribution in [0.5, 0.6) is 5.75 Å². The summed E-state index contributed by atoms with van der Waals surface area (Å²) < 4.78 is 11.0. The van der Waals surface area contributed by atoms with E-state index in [-0.39, 0.29) is 18.3 Å². The number of ketones is 1. The molecule has 0 N–H and O–H groups in total. The van der Waals surface area contributed by atoms with E-state index in [2.05, 4.69) is 0 Å².